The molecule has 0 aliphatic heterocycles. The average molecular weight is 536 g/mol. The van der Waals surface area contributed by atoms with Crippen molar-refractivity contribution >= 4 is 40.5 Å². The number of benzene rings is 1. The number of hydrogen-bond donors (Lipinski definition) is 6. The van der Waals surface area contributed by atoms with Gasteiger partial charge in [0.15, 0.2) is 29.3 Å². The van der Waals surface area contributed by atoms with Crippen LogP contribution in [0.1, 0.15) is 11.8 Å². The summed E-state index contributed by atoms with van der Waals surface area (Å²) < 4.78 is 12.2. The van der Waals surface area contributed by atoms with Crippen LogP contribution in [0.3, 0.4) is 0 Å². The maximum atomic E-state index is 12.0. The molecule has 37 heavy (non-hydrogen) atoms. The van der Waals surface area contributed by atoms with E-state index in [0.717, 1.165) is 10.9 Å². The van der Waals surface area contributed by atoms with Gasteiger partial charge < -0.3 is 29.9 Å². The predicted molar refractivity (Wildman–Crippen MR) is 126 cm³/mol. The van der Waals surface area contributed by atoms with E-state index < -0.39 is 55.6 Å². The number of carboxylic acids is 2. The highest BCUT2D eigenvalue weighted by atomic mass is 35.5. The van der Waals surface area contributed by atoms with Gasteiger partial charge in [0.1, 0.15) is 6.10 Å². The summed E-state index contributed by atoms with van der Waals surface area (Å²) in [5.74, 6) is -1.63. The van der Waals surface area contributed by atoms with Crippen molar-refractivity contribution in [3.05, 3.63) is 47.5 Å². The number of aromatic nitrogens is 4. The third-order valence-corrected chi connectivity index (χ3v) is 5.42. The van der Waals surface area contributed by atoms with Crippen molar-refractivity contribution in [3.8, 4) is 12.3 Å². The third-order valence-electron chi connectivity index (χ3n) is 5.25. The lowest BCUT2D eigenvalue weighted by Gasteiger charge is -2.30. The SMILES string of the molecule is C#C[C@@H](O)[C@@H](O[C@@H](CO)COC(Cc1ccccc1)(C(=O)O)C(=O)O)n1cnc2c(NO)nc(Cl)nc21. The summed E-state index contributed by atoms with van der Waals surface area (Å²) in [6.07, 6.45) is 1.48. The minimum Gasteiger partial charge on any atom is -0.479 e. The van der Waals surface area contributed by atoms with Crippen LogP contribution in [0.15, 0.2) is 36.7 Å². The van der Waals surface area contributed by atoms with E-state index in [1.54, 1.807) is 18.2 Å². The number of rotatable bonds is 13. The first-order chi connectivity index (χ1) is 17.7. The highest BCUT2D eigenvalue weighted by Gasteiger charge is 2.49. The lowest BCUT2D eigenvalue weighted by atomic mass is 9.94. The predicted octanol–water partition coefficient (Wildman–Crippen LogP) is 0.318. The van der Waals surface area contributed by atoms with Crippen molar-refractivity contribution in [3.63, 3.8) is 0 Å². The number of carboxylic acid groups (broad SMARTS) is 2. The Hall–Kier alpha value is -3.84. The fourth-order valence-corrected chi connectivity index (χ4v) is 3.56. The molecule has 0 saturated carbocycles. The normalized spacial score (nSPS) is 14.0. The zero-order valence-electron chi connectivity index (χ0n) is 18.9. The van der Waals surface area contributed by atoms with Gasteiger partial charge in [0, 0.05) is 6.42 Å². The van der Waals surface area contributed by atoms with Crippen molar-refractivity contribution in [1.29, 1.82) is 0 Å². The molecule has 0 saturated heterocycles. The average Bonchev–Trinajstić information content (AvgIpc) is 3.30. The molecule has 3 aromatic rings. The maximum Gasteiger partial charge on any atom is 0.348 e. The fourth-order valence-electron chi connectivity index (χ4n) is 3.40. The number of aliphatic hydroxyl groups excluding tert-OH is 2. The van der Waals surface area contributed by atoms with Gasteiger partial charge in [0.05, 0.1) is 19.5 Å². The molecule has 0 unspecified atom stereocenters. The molecule has 0 aliphatic rings. The van der Waals surface area contributed by atoms with Crippen LogP contribution in [-0.4, -0.2) is 88.1 Å². The molecular weight excluding hydrogens is 514 g/mol. The molecule has 15 heteroatoms. The van der Waals surface area contributed by atoms with E-state index in [1.165, 1.54) is 12.1 Å². The van der Waals surface area contributed by atoms with Gasteiger partial charge >= 0.3 is 11.9 Å². The number of terminal acetylenes is 1. The number of carbonyl (C=O) groups is 2. The van der Waals surface area contributed by atoms with E-state index in [4.69, 9.17) is 27.5 Å². The summed E-state index contributed by atoms with van der Waals surface area (Å²) in [7, 11) is 0. The number of nitrogens with zero attached hydrogens (tertiary/aromatic N) is 4. The standard InChI is InChI=1S/C22H22ClN5O9/c1-2-14(30)18(28-11-24-15-16(27-35)25-21(23)26-17(15)28)37-13(9-29)10-36-22(19(31)32,20(33)34)8-12-6-4-3-5-7-12/h1,3-7,11,13-14,18,29-30,35H,8-10H2,(H,31,32)(H,33,34)(H,25,26,27)/t13-,14+,18+/m0/s1. The largest absolute Gasteiger partial charge is 0.479 e. The van der Waals surface area contributed by atoms with Crippen molar-refractivity contribution in [1.82, 2.24) is 19.5 Å². The number of nitrogens with one attached hydrogen (secondary N) is 1. The van der Waals surface area contributed by atoms with Crippen LogP contribution in [0.4, 0.5) is 5.82 Å². The van der Waals surface area contributed by atoms with Crippen molar-refractivity contribution < 1.29 is 44.7 Å². The molecule has 3 rings (SSSR count). The van der Waals surface area contributed by atoms with Crippen molar-refractivity contribution in [2.45, 2.75) is 30.5 Å². The van der Waals surface area contributed by atoms with Crippen LogP contribution in [0, 0.1) is 12.3 Å². The summed E-state index contributed by atoms with van der Waals surface area (Å²) in [5, 5.41) is 48.8. The Kier molecular flexibility index (Phi) is 8.95. The molecule has 1 aromatic carbocycles. The van der Waals surface area contributed by atoms with Crippen LogP contribution in [0.2, 0.25) is 5.28 Å². The zero-order chi connectivity index (χ0) is 27.2. The minimum atomic E-state index is -2.71. The Balaban J connectivity index is 1.90. The van der Waals surface area contributed by atoms with Crippen LogP contribution < -0.4 is 5.48 Å². The van der Waals surface area contributed by atoms with E-state index in [2.05, 4.69) is 20.9 Å². The molecule has 0 fully saturated rings. The molecule has 2 heterocycles. The molecule has 196 valence electrons. The number of hydrogen-bond acceptors (Lipinski definition) is 11. The first-order valence-electron chi connectivity index (χ1n) is 10.5. The number of anilines is 1. The minimum absolute atomic E-state index is 0.0250. The smallest absolute Gasteiger partial charge is 0.348 e. The van der Waals surface area contributed by atoms with E-state index in [1.807, 2.05) is 5.48 Å². The Morgan fingerprint density at radius 2 is 1.89 bits per heavy atom. The maximum absolute atomic E-state index is 12.0. The molecule has 0 amide bonds. The molecule has 0 bridgehead atoms. The van der Waals surface area contributed by atoms with Gasteiger partial charge in [-0.2, -0.15) is 9.97 Å². The van der Waals surface area contributed by atoms with Crippen LogP contribution >= 0.6 is 11.6 Å². The number of fused-ring (bicyclic) bond motifs is 1. The van der Waals surface area contributed by atoms with E-state index in [9.17, 15) is 35.2 Å². The second kappa shape index (κ2) is 11.9. The number of aliphatic carboxylic acids is 2. The lowest BCUT2D eigenvalue weighted by molar-refractivity contribution is -0.195. The second-order valence-corrected chi connectivity index (χ2v) is 7.97. The number of ether oxygens (including phenoxy) is 2. The third kappa shape index (κ3) is 5.94. The molecule has 14 nitrogen and oxygen atoms in total. The highest BCUT2D eigenvalue weighted by Crippen LogP contribution is 2.27. The molecule has 2 aromatic heterocycles. The summed E-state index contributed by atoms with van der Waals surface area (Å²) in [6.45, 7) is -1.50. The fraction of sp³-hybridized carbons (Fsp3) is 0.318. The molecular formula is C22H22ClN5O9. The summed E-state index contributed by atoms with van der Waals surface area (Å²) in [5.41, 5.74) is -0.514. The molecule has 6 N–H and O–H groups in total. The van der Waals surface area contributed by atoms with Crippen LogP contribution in [0.5, 0.6) is 0 Å². The van der Waals surface area contributed by atoms with E-state index in [0.29, 0.717) is 5.56 Å². The number of halogens is 1. The Morgan fingerprint density at radius 1 is 1.22 bits per heavy atom. The van der Waals surface area contributed by atoms with Gasteiger partial charge in [-0.15, -0.1) is 6.42 Å². The number of imidazole rings is 1. The molecule has 0 spiro atoms. The Bertz CT molecular complexity index is 1280. The van der Waals surface area contributed by atoms with E-state index >= 15 is 0 Å². The first-order valence-corrected chi connectivity index (χ1v) is 10.9. The topological polar surface area (TPSA) is 209 Å². The Morgan fingerprint density at radius 3 is 2.46 bits per heavy atom. The van der Waals surface area contributed by atoms with Crippen molar-refractivity contribution in [2.24, 2.45) is 0 Å². The van der Waals surface area contributed by atoms with Gasteiger partial charge in [-0.1, -0.05) is 36.3 Å². The first kappa shape index (κ1) is 27.7. The zero-order valence-corrected chi connectivity index (χ0v) is 19.7. The monoisotopic (exact) mass is 535 g/mol. The number of aliphatic hydroxyl groups is 2. The van der Waals surface area contributed by atoms with Crippen LogP contribution in [-0.2, 0) is 25.5 Å². The van der Waals surface area contributed by atoms with Gasteiger partial charge in [-0.05, 0) is 17.2 Å². The van der Waals surface area contributed by atoms with Crippen LogP contribution in [0.25, 0.3) is 11.2 Å². The van der Waals surface area contributed by atoms with Gasteiger partial charge in [0.25, 0.3) is 5.60 Å². The second-order valence-electron chi connectivity index (χ2n) is 7.63. The summed E-state index contributed by atoms with van der Waals surface area (Å²) in [4.78, 5) is 35.8. The molecule has 3 atom stereocenters. The molecule has 0 aliphatic carbocycles. The quantitative estimate of drug-likeness (QED) is 0.0754. The highest BCUT2D eigenvalue weighted by molar-refractivity contribution is 6.28. The van der Waals surface area contributed by atoms with Crippen molar-refractivity contribution in [2.75, 3.05) is 18.7 Å². The molecule has 0 radical (unpaired) electrons. The van der Waals surface area contributed by atoms with Gasteiger partial charge in [-0.3, -0.25) is 15.3 Å². The van der Waals surface area contributed by atoms with Gasteiger partial charge in [0.2, 0.25) is 5.28 Å². The Labute approximate surface area is 214 Å². The summed E-state index contributed by atoms with van der Waals surface area (Å²) >= 11 is 5.88. The lowest BCUT2D eigenvalue weighted by Crippen LogP contribution is -2.52. The van der Waals surface area contributed by atoms with E-state index in [-0.39, 0.29) is 22.3 Å². The summed E-state index contributed by atoms with van der Waals surface area (Å²) in [6, 6.07) is 7.97. The van der Waals surface area contributed by atoms with Gasteiger partial charge in [-0.25, -0.2) is 14.6 Å².